The first-order chi connectivity index (χ1) is 9.07. The molecule has 0 saturated heterocycles. The Morgan fingerprint density at radius 2 is 2.32 bits per heavy atom. The number of nitrogen functional groups attached to an aromatic ring is 1. The molecule has 0 bridgehead atoms. The van der Waals surface area contributed by atoms with Crippen LogP contribution in [0.1, 0.15) is 12.8 Å². The highest BCUT2D eigenvalue weighted by Crippen LogP contribution is 2.40. The second-order valence-corrected chi connectivity index (χ2v) is 8.20. The normalized spacial score (nSPS) is 15.1. The van der Waals surface area contributed by atoms with Crippen molar-refractivity contribution in [3.8, 4) is 12.3 Å². The van der Waals surface area contributed by atoms with Gasteiger partial charge in [-0.2, -0.15) is 4.37 Å². The van der Waals surface area contributed by atoms with E-state index >= 15 is 0 Å². The van der Waals surface area contributed by atoms with E-state index in [4.69, 9.17) is 12.2 Å². The number of hydrogen-bond donors (Lipinski definition) is 2. The Morgan fingerprint density at radius 3 is 2.95 bits per heavy atom. The van der Waals surface area contributed by atoms with Gasteiger partial charge in [0.15, 0.2) is 15.7 Å². The molecule has 3 N–H and O–H groups in total. The first-order valence-electron chi connectivity index (χ1n) is 5.81. The van der Waals surface area contributed by atoms with Crippen LogP contribution in [0.3, 0.4) is 0 Å². The molecule has 1 saturated carbocycles. The number of aromatic nitrogens is 1. The lowest BCUT2D eigenvalue weighted by molar-refractivity contribution is 0.595. The Hall–Kier alpha value is -0.910. The van der Waals surface area contributed by atoms with Crippen molar-refractivity contribution in [2.75, 3.05) is 29.1 Å². The van der Waals surface area contributed by atoms with E-state index < -0.39 is 9.84 Å². The van der Waals surface area contributed by atoms with Gasteiger partial charge >= 0.3 is 0 Å². The Labute approximate surface area is 121 Å². The number of anilines is 2. The summed E-state index contributed by atoms with van der Waals surface area (Å²) in [7, 11) is -3.31. The molecule has 1 aliphatic carbocycles. The van der Waals surface area contributed by atoms with Crippen LogP contribution >= 0.6 is 23.3 Å². The van der Waals surface area contributed by atoms with E-state index in [9.17, 15) is 8.42 Å². The van der Waals surface area contributed by atoms with E-state index in [0.717, 1.165) is 30.1 Å². The summed E-state index contributed by atoms with van der Waals surface area (Å²) in [4.78, 5) is 0.182. The minimum Gasteiger partial charge on any atom is -0.382 e. The van der Waals surface area contributed by atoms with E-state index in [1.54, 1.807) is 11.8 Å². The average molecular weight is 317 g/mol. The van der Waals surface area contributed by atoms with Crippen molar-refractivity contribution in [3.63, 3.8) is 0 Å². The molecule has 1 aromatic rings. The number of hydrogen-bond acceptors (Lipinski definition) is 7. The van der Waals surface area contributed by atoms with Gasteiger partial charge in [0.25, 0.3) is 0 Å². The van der Waals surface area contributed by atoms with Crippen LogP contribution in [-0.4, -0.2) is 36.1 Å². The van der Waals surface area contributed by atoms with Crippen LogP contribution in [0.5, 0.6) is 0 Å². The zero-order valence-electron chi connectivity index (χ0n) is 10.3. The Kier molecular flexibility index (Phi) is 4.60. The molecule has 0 unspecified atom stereocenters. The minimum atomic E-state index is -3.31. The van der Waals surface area contributed by atoms with Crippen LogP contribution in [0, 0.1) is 12.3 Å². The summed E-state index contributed by atoms with van der Waals surface area (Å²) in [5, 5.41) is 3.36. The van der Waals surface area contributed by atoms with Gasteiger partial charge in [-0.1, -0.05) is 5.92 Å². The molecule has 5 nitrogen and oxygen atoms in total. The summed E-state index contributed by atoms with van der Waals surface area (Å²) >= 11 is 2.71. The molecule has 2 rings (SSSR count). The molecule has 0 radical (unpaired) electrons. The molecule has 0 amide bonds. The molecule has 0 spiro atoms. The number of sulfone groups is 1. The van der Waals surface area contributed by atoms with Gasteiger partial charge in [-0.15, -0.1) is 18.2 Å². The Bertz CT molecular complexity index is 585. The molecular weight excluding hydrogens is 302 g/mol. The van der Waals surface area contributed by atoms with Gasteiger partial charge in [-0.25, -0.2) is 8.42 Å². The van der Waals surface area contributed by atoms with Gasteiger partial charge in [0.2, 0.25) is 0 Å². The fourth-order valence-electron chi connectivity index (χ4n) is 1.59. The standard InChI is InChI=1S/C11H15N3O2S3/c1-2-6-17-7-5-13-11-9(10(12)14-18-11)19(15,16)8-3-4-8/h1,8,13H,3-7H2,(H2,12,14). The second-order valence-electron chi connectivity index (χ2n) is 4.15. The highest BCUT2D eigenvalue weighted by Gasteiger charge is 2.40. The molecule has 1 aromatic heterocycles. The van der Waals surface area contributed by atoms with Crippen molar-refractivity contribution in [3.05, 3.63) is 0 Å². The van der Waals surface area contributed by atoms with Gasteiger partial charge in [0.05, 0.1) is 11.0 Å². The van der Waals surface area contributed by atoms with E-state index in [1.165, 1.54) is 0 Å². The number of terminal acetylenes is 1. The largest absolute Gasteiger partial charge is 0.382 e. The van der Waals surface area contributed by atoms with Crippen molar-refractivity contribution in [2.45, 2.75) is 23.0 Å². The van der Waals surface area contributed by atoms with Crippen LogP contribution in [-0.2, 0) is 9.84 Å². The minimum absolute atomic E-state index is 0.107. The average Bonchev–Trinajstić information content (AvgIpc) is 3.15. The number of nitrogens with one attached hydrogen (secondary N) is 1. The third-order valence-electron chi connectivity index (χ3n) is 2.64. The summed E-state index contributed by atoms with van der Waals surface area (Å²) < 4.78 is 28.4. The van der Waals surface area contributed by atoms with Gasteiger partial charge in [-0.3, -0.25) is 0 Å². The predicted octanol–water partition coefficient (Wildman–Crippen LogP) is 1.44. The highest BCUT2D eigenvalue weighted by atomic mass is 32.2. The molecule has 1 fully saturated rings. The molecule has 0 aromatic carbocycles. The van der Waals surface area contributed by atoms with Crippen molar-refractivity contribution in [1.29, 1.82) is 0 Å². The number of rotatable bonds is 7. The van der Waals surface area contributed by atoms with Gasteiger partial charge in [0, 0.05) is 12.3 Å². The van der Waals surface area contributed by atoms with Gasteiger partial charge in [-0.05, 0) is 24.4 Å². The SMILES string of the molecule is C#CCSCCNc1snc(N)c1S(=O)(=O)C1CC1. The molecule has 1 aliphatic rings. The van der Waals surface area contributed by atoms with Gasteiger partial charge in [0.1, 0.15) is 9.90 Å². The monoisotopic (exact) mass is 317 g/mol. The number of nitrogens with zero attached hydrogens (tertiary/aromatic N) is 1. The third kappa shape index (κ3) is 3.35. The third-order valence-corrected chi connectivity index (χ3v) is 6.78. The molecule has 19 heavy (non-hydrogen) atoms. The zero-order valence-corrected chi connectivity index (χ0v) is 12.7. The van der Waals surface area contributed by atoms with E-state index in [2.05, 4.69) is 15.6 Å². The maximum absolute atomic E-state index is 12.2. The van der Waals surface area contributed by atoms with Crippen LogP contribution in [0.2, 0.25) is 0 Å². The van der Waals surface area contributed by atoms with E-state index in [1.807, 2.05) is 0 Å². The highest BCUT2D eigenvalue weighted by molar-refractivity contribution is 7.99. The maximum atomic E-state index is 12.2. The summed E-state index contributed by atoms with van der Waals surface area (Å²) in [6.45, 7) is 0.640. The molecule has 0 atom stereocenters. The fraction of sp³-hybridized carbons (Fsp3) is 0.545. The van der Waals surface area contributed by atoms with Crippen LogP contribution in [0.4, 0.5) is 10.8 Å². The van der Waals surface area contributed by atoms with E-state index in [-0.39, 0.29) is 16.0 Å². The summed E-state index contributed by atoms with van der Waals surface area (Å²) in [5.74, 6) is 4.11. The van der Waals surface area contributed by atoms with Crippen LogP contribution in [0.25, 0.3) is 0 Å². The molecule has 1 heterocycles. The van der Waals surface area contributed by atoms with Crippen LogP contribution < -0.4 is 11.1 Å². The number of thioether (sulfide) groups is 1. The Balaban J connectivity index is 2.04. The predicted molar refractivity (Wildman–Crippen MR) is 81.4 cm³/mol. The van der Waals surface area contributed by atoms with Crippen molar-refractivity contribution >= 4 is 44.0 Å². The fourth-order valence-corrected chi connectivity index (χ4v) is 5.01. The summed E-state index contributed by atoms with van der Waals surface area (Å²) in [6, 6.07) is 0. The zero-order chi connectivity index (χ0) is 13.9. The number of nitrogens with two attached hydrogens (primary N) is 1. The first kappa shape index (κ1) is 14.5. The molecule has 8 heteroatoms. The summed E-state index contributed by atoms with van der Waals surface area (Å²) in [5.41, 5.74) is 5.69. The quantitative estimate of drug-likeness (QED) is 0.585. The second kappa shape index (κ2) is 6.03. The topological polar surface area (TPSA) is 85.1 Å². The smallest absolute Gasteiger partial charge is 0.187 e. The molecule has 104 valence electrons. The molecular formula is C11H15N3O2S3. The molecule has 0 aliphatic heterocycles. The lowest BCUT2D eigenvalue weighted by Gasteiger charge is -2.07. The first-order valence-corrected chi connectivity index (χ1v) is 9.29. The van der Waals surface area contributed by atoms with Crippen molar-refractivity contribution in [2.24, 2.45) is 0 Å². The van der Waals surface area contributed by atoms with Crippen molar-refractivity contribution in [1.82, 2.24) is 4.37 Å². The van der Waals surface area contributed by atoms with E-state index in [0.29, 0.717) is 17.3 Å². The Morgan fingerprint density at radius 1 is 1.58 bits per heavy atom. The lowest BCUT2D eigenvalue weighted by Crippen LogP contribution is -2.12. The lowest BCUT2D eigenvalue weighted by atomic mass is 10.6. The van der Waals surface area contributed by atoms with Crippen molar-refractivity contribution < 1.29 is 8.42 Å². The maximum Gasteiger partial charge on any atom is 0.187 e. The van der Waals surface area contributed by atoms with Gasteiger partial charge < -0.3 is 11.1 Å². The van der Waals surface area contributed by atoms with Crippen LogP contribution in [0.15, 0.2) is 4.90 Å². The summed E-state index contributed by atoms with van der Waals surface area (Å²) in [6.07, 6.45) is 6.59.